The van der Waals surface area contributed by atoms with E-state index in [1.165, 1.54) is 12.1 Å². The number of hydrogen-bond acceptors (Lipinski definition) is 2. The van der Waals surface area contributed by atoms with Crippen molar-refractivity contribution in [1.82, 2.24) is 0 Å². The van der Waals surface area contributed by atoms with Gasteiger partial charge in [-0.25, -0.2) is 4.79 Å². The number of nitrogens with one attached hydrogen (secondary N) is 1. The molecule has 0 aliphatic rings. The molecule has 0 atom stereocenters. The zero-order chi connectivity index (χ0) is 14.7. The molecule has 2 aromatic carbocycles. The fourth-order valence-corrected chi connectivity index (χ4v) is 2.16. The van der Waals surface area contributed by atoms with Crippen molar-refractivity contribution in [3.63, 3.8) is 0 Å². The van der Waals surface area contributed by atoms with Crippen molar-refractivity contribution in [2.75, 3.05) is 5.32 Å². The van der Waals surface area contributed by atoms with Crippen LogP contribution in [0.1, 0.15) is 20.7 Å². The lowest BCUT2D eigenvalue weighted by Gasteiger charge is -2.10. The summed E-state index contributed by atoms with van der Waals surface area (Å²) in [5.41, 5.74) is 0.199. The van der Waals surface area contributed by atoms with Crippen molar-refractivity contribution in [1.29, 1.82) is 0 Å². The Bertz CT molecular complexity index is 666. The van der Waals surface area contributed by atoms with E-state index < -0.39 is 11.9 Å². The van der Waals surface area contributed by atoms with E-state index in [0.717, 1.165) is 0 Å². The number of rotatable bonds is 3. The molecule has 0 aliphatic carbocycles. The monoisotopic (exact) mass is 309 g/mol. The van der Waals surface area contributed by atoms with Gasteiger partial charge in [-0.05, 0) is 24.3 Å². The highest BCUT2D eigenvalue weighted by Gasteiger charge is 2.17. The molecule has 20 heavy (non-hydrogen) atoms. The maximum atomic E-state index is 12.2. The number of aromatic carboxylic acids is 1. The SMILES string of the molecule is O=C(O)c1ccccc1C(=O)Nc1c(Cl)cccc1Cl. The molecule has 1 amide bonds. The third-order valence-electron chi connectivity index (χ3n) is 2.60. The van der Waals surface area contributed by atoms with Crippen molar-refractivity contribution in [2.45, 2.75) is 0 Å². The summed E-state index contributed by atoms with van der Waals surface area (Å²) >= 11 is 11.9. The summed E-state index contributed by atoms with van der Waals surface area (Å²) in [6.45, 7) is 0. The Morgan fingerprint density at radius 2 is 1.45 bits per heavy atom. The van der Waals surface area contributed by atoms with Crippen molar-refractivity contribution < 1.29 is 14.7 Å². The number of carboxylic acid groups (broad SMARTS) is 1. The van der Waals surface area contributed by atoms with Crippen LogP contribution in [0.4, 0.5) is 5.69 Å². The fraction of sp³-hybridized carbons (Fsp3) is 0. The number of benzene rings is 2. The molecule has 0 saturated heterocycles. The molecule has 0 spiro atoms. The summed E-state index contributed by atoms with van der Waals surface area (Å²) in [7, 11) is 0. The van der Waals surface area contributed by atoms with Gasteiger partial charge in [0.15, 0.2) is 0 Å². The molecule has 2 rings (SSSR count). The van der Waals surface area contributed by atoms with Crippen LogP contribution in [0.15, 0.2) is 42.5 Å². The Hall–Kier alpha value is -2.04. The largest absolute Gasteiger partial charge is 0.478 e. The van der Waals surface area contributed by atoms with Crippen LogP contribution < -0.4 is 5.32 Å². The van der Waals surface area contributed by atoms with Crippen LogP contribution in [-0.4, -0.2) is 17.0 Å². The number of hydrogen-bond donors (Lipinski definition) is 2. The normalized spacial score (nSPS) is 10.1. The van der Waals surface area contributed by atoms with Gasteiger partial charge in [0, 0.05) is 0 Å². The number of anilines is 1. The number of carbonyl (C=O) groups excluding carboxylic acids is 1. The maximum absolute atomic E-state index is 12.2. The lowest BCUT2D eigenvalue weighted by Crippen LogP contribution is -2.16. The minimum Gasteiger partial charge on any atom is -0.478 e. The van der Waals surface area contributed by atoms with Gasteiger partial charge < -0.3 is 10.4 Å². The Labute approximate surface area is 124 Å². The van der Waals surface area contributed by atoms with E-state index in [1.807, 2.05) is 0 Å². The Balaban J connectivity index is 2.36. The second-order valence-electron chi connectivity index (χ2n) is 3.90. The van der Waals surface area contributed by atoms with E-state index in [2.05, 4.69) is 5.32 Å². The summed E-state index contributed by atoms with van der Waals surface area (Å²) in [5, 5.41) is 12.1. The molecule has 0 unspecified atom stereocenters. The molecule has 102 valence electrons. The fourth-order valence-electron chi connectivity index (χ4n) is 1.67. The minimum absolute atomic E-state index is 0.0380. The second kappa shape index (κ2) is 5.94. The van der Waals surface area contributed by atoms with Crippen LogP contribution >= 0.6 is 23.2 Å². The van der Waals surface area contributed by atoms with Crippen LogP contribution in [0.3, 0.4) is 0 Å². The zero-order valence-electron chi connectivity index (χ0n) is 10.1. The van der Waals surface area contributed by atoms with Gasteiger partial charge in [0.2, 0.25) is 0 Å². The van der Waals surface area contributed by atoms with Gasteiger partial charge in [-0.2, -0.15) is 0 Å². The Kier molecular flexibility index (Phi) is 4.27. The highest BCUT2D eigenvalue weighted by Crippen LogP contribution is 2.30. The molecular weight excluding hydrogens is 301 g/mol. The molecule has 6 heteroatoms. The standard InChI is InChI=1S/C14H9Cl2NO3/c15-10-6-3-7-11(16)12(10)17-13(18)8-4-1-2-5-9(8)14(19)20/h1-7H,(H,17,18)(H,19,20). The molecule has 2 N–H and O–H groups in total. The molecule has 0 heterocycles. The maximum Gasteiger partial charge on any atom is 0.336 e. The predicted molar refractivity (Wildman–Crippen MR) is 77.8 cm³/mol. The van der Waals surface area contributed by atoms with E-state index in [0.29, 0.717) is 0 Å². The van der Waals surface area contributed by atoms with Gasteiger partial charge in [0.25, 0.3) is 5.91 Å². The van der Waals surface area contributed by atoms with Crippen molar-refractivity contribution >= 4 is 40.8 Å². The second-order valence-corrected chi connectivity index (χ2v) is 4.72. The average molecular weight is 310 g/mol. The molecule has 2 aromatic rings. The first kappa shape index (κ1) is 14.4. The van der Waals surface area contributed by atoms with Gasteiger partial charge in [0.1, 0.15) is 0 Å². The van der Waals surface area contributed by atoms with E-state index in [4.69, 9.17) is 28.3 Å². The summed E-state index contributed by atoms with van der Waals surface area (Å²) in [6.07, 6.45) is 0. The third kappa shape index (κ3) is 2.92. The van der Waals surface area contributed by atoms with E-state index in [-0.39, 0.29) is 26.9 Å². The first-order valence-electron chi connectivity index (χ1n) is 5.58. The molecule has 0 aromatic heterocycles. The summed E-state index contributed by atoms with van der Waals surface area (Å²) in [5.74, 6) is -1.76. The van der Waals surface area contributed by atoms with Crippen LogP contribution in [0, 0.1) is 0 Å². The highest BCUT2D eigenvalue weighted by atomic mass is 35.5. The molecule has 0 radical (unpaired) electrons. The van der Waals surface area contributed by atoms with Gasteiger partial charge in [0.05, 0.1) is 26.9 Å². The van der Waals surface area contributed by atoms with Crippen LogP contribution in [0.25, 0.3) is 0 Å². The Morgan fingerprint density at radius 1 is 0.900 bits per heavy atom. The molecular formula is C14H9Cl2NO3. The van der Waals surface area contributed by atoms with Gasteiger partial charge in [-0.1, -0.05) is 41.4 Å². The Morgan fingerprint density at radius 3 is 2.00 bits per heavy atom. The first-order valence-corrected chi connectivity index (χ1v) is 6.34. The topological polar surface area (TPSA) is 66.4 Å². The molecule has 0 saturated carbocycles. The predicted octanol–water partition coefficient (Wildman–Crippen LogP) is 3.94. The smallest absolute Gasteiger partial charge is 0.336 e. The summed E-state index contributed by atoms with van der Waals surface area (Å²) in [4.78, 5) is 23.2. The third-order valence-corrected chi connectivity index (χ3v) is 3.23. The van der Waals surface area contributed by atoms with E-state index in [9.17, 15) is 9.59 Å². The number of carboxylic acids is 1. The lowest BCUT2D eigenvalue weighted by atomic mass is 10.1. The average Bonchev–Trinajstić information content (AvgIpc) is 2.43. The minimum atomic E-state index is -1.18. The quantitative estimate of drug-likeness (QED) is 0.902. The lowest BCUT2D eigenvalue weighted by molar-refractivity contribution is 0.0692. The van der Waals surface area contributed by atoms with Crippen LogP contribution in [0.5, 0.6) is 0 Å². The van der Waals surface area contributed by atoms with Crippen molar-refractivity contribution in [3.05, 3.63) is 63.6 Å². The molecule has 4 nitrogen and oxygen atoms in total. The number of halogens is 2. The van der Waals surface area contributed by atoms with Gasteiger partial charge in [-0.15, -0.1) is 0 Å². The first-order chi connectivity index (χ1) is 9.50. The summed E-state index contributed by atoms with van der Waals surface area (Å²) < 4.78 is 0. The number of amides is 1. The van der Waals surface area contributed by atoms with E-state index in [1.54, 1.807) is 30.3 Å². The van der Waals surface area contributed by atoms with Gasteiger partial charge in [-0.3, -0.25) is 4.79 Å². The number of para-hydroxylation sites is 1. The van der Waals surface area contributed by atoms with Crippen molar-refractivity contribution in [2.24, 2.45) is 0 Å². The number of carbonyl (C=O) groups is 2. The van der Waals surface area contributed by atoms with Gasteiger partial charge >= 0.3 is 5.97 Å². The highest BCUT2D eigenvalue weighted by molar-refractivity contribution is 6.40. The summed E-state index contributed by atoms with van der Waals surface area (Å²) in [6, 6.07) is 10.7. The molecule has 0 bridgehead atoms. The molecule has 0 fully saturated rings. The molecule has 0 aliphatic heterocycles. The zero-order valence-corrected chi connectivity index (χ0v) is 11.6. The van der Waals surface area contributed by atoms with E-state index >= 15 is 0 Å². The van der Waals surface area contributed by atoms with Crippen LogP contribution in [0.2, 0.25) is 10.0 Å². The van der Waals surface area contributed by atoms with Crippen molar-refractivity contribution in [3.8, 4) is 0 Å². The van der Waals surface area contributed by atoms with Crippen LogP contribution in [-0.2, 0) is 0 Å².